The van der Waals surface area contributed by atoms with Gasteiger partial charge < -0.3 is 0 Å². The first kappa shape index (κ1) is 43.1. The van der Waals surface area contributed by atoms with Gasteiger partial charge in [0.25, 0.3) is 40.5 Å². The topological polar surface area (TPSA) is 217 Å². The summed E-state index contributed by atoms with van der Waals surface area (Å²) >= 11 is 19.4. The third kappa shape index (κ3) is 12.0. The van der Waals surface area contributed by atoms with Crippen molar-refractivity contribution < 1.29 is 68.4 Å². The maximum absolute atomic E-state index is 11.0. The number of hydrogen-bond donors (Lipinski definition) is 6. The molecule has 0 aliphatic carbocycles. The summed E-state index contributed by atoms with van der Waals surface area (Å²) in [5.74, 6) is 0. The minimum absolute atomic E-state index is 0. The summed E-state index contributed by atoms with van der Waals surface area (Å²) in [5.41, 5.74) is 2.29. The second-order valence-corrected chi connectivity index (χ2v) is 17.2. The normalized spacial score (nSPS) is 13.2. The van der Waals surface area contributed by atoms with Crippen LogP contribution < -0.4 is 0 Å². The summed E-state index contributed by atoms with van der Waals surface area (Å²) in [7, 11) is -17.1. The zero-order chi connectivity index (χ0) is 36.2. The minimum Gasteiger partial charge on any atom is -0.282 e. The molecule has 0 amide bonds. The van der Waals surface area contributed by atoms with Gasteiger partial charge in [0.1, 0.15) is 0 Å². The van der Waals surface area contributed by atoms with Gasteiger partial charge in [-0.3, -0.25) is 18.2 Å². The Kier molecular flexibility index (Phi) is 14.9. The molecule has 4 N–H and O–H groups in total. The van der Waals surface area contributed by atoms with Crippen LogP contribution in [-0.2, 0) is 57.0 Å². The van der Waals surface area contributed by atoms with Gasteiger partial charge in [0.2, 0.25) is 0 Å². The van der Waals surface area contributed by atoms with Crippen LogP contribution in [0.4, 0.5) is 0 Å². The van der Waals surface area contributed by atoms with Crippen molar-refractivity contribution in [2.75, 3.05) is 0 Å². The Balaban J connectivity index is 0.000000333. The smallest absolute Gasteiger partial charge is 0.282 e. The largest absolute Gasteiger partial charge is 2.00 e. The molecule has 4 aromatic carbocycles. The van der Waals surface area contributed by atoms with Crippen molar-refractivity contribution in [3.63, 3.8) is 0 Å². The molecule has 2 atom stereocenters. The van der Waals surface area contributed by atoms with Gasteiger partial charge in [0, 0.05) is 9.73 Å². The quantitative estimate of drug-likeness (QED) is 0.0401. The number of hydrogen-bond acceptors (Lipinski definition) is 12. The molecule has 0 radical (unpaired) electrons. The molecule has 0 aliphatic heterocycles. The van der Waals surface area contributed by atoms with E-state index in [9.17, 15) is 33.7 Å². The van der Waals surface area contributed by atoms with Crippen molar-refractivity contribution in [2.45, 2.75) is 30.1 Å². The Morgan fingerprint density at radius 1 is 0.429 bits per heavy atom. The maximum Gasteiger partial charge on any atom is 2.00 e. The molecule has 0 aromatic heterocycles. The van der Waals surface area contributed by atoms with E-state index < -0.39 is 51.0 Å². The van der Waals surface area contributed by atoms with Crippen LogP contribution in [0.25, 0.3) is 0 Å². The second kappa shape index (κ2) is 16.9. The first-order chi connectivity index (χ1) is 22.0. The summed E-state index contributed by atoms with van der Waals surface area (Å²) in [6.45, 7) is 0. The third-order valence-corrected chi connectivity index (χ3v) is 12.2. The van der Waals surface area contributed by atoms with E-state index in [1.807, 2.05) is 0 Å². The molecule has 0 saturated carbocycles. The summed E-state index contributed by atoms with van der Waals surface area (Å²) in [6.07, 6.45) is 0. The van der Waals surface area contributed by atoms with Crippen molar-refractivity contribution in [1.82, 2.24) is 0 Å². The number of thiocarbonyl (C=S) groups is 2. The van der Waals surface area contributed by atoms with Gasteiger partial charge >= 0.3 is 16.5 Å². The van der Waals surface area contributed by atoms with Crippen LogP contribution in [0.5, 0.6) is 0 Å². The summed E-state index contributed by atoms with van der Waals surface area (Å²) in [4.78, 5) is -0.199. The standard InChI is InChI=1S/2C14H12O6S4.Ni/c2*15-23(16,17)11-5-1-9(2-6-11)13(21)14(22)10-3-7-12(8-4-10)24(18,19)20;/h2*1-8,13,21H,(H,15,16,17)(H,18,19,20);/q;;+2. The third-order valence-electron chi connectivity index (χ3n) is 6.36. The van der Waals surface area contributed by atoms with E-state index in [4.69, 9.17) is 42.6 Å². The zero-order valence-corrected chi connectivity index (χ0v) is 31.8. The minimum atomic E-state index is -4.28. The number of thiol groups is 2. The molecule has 2 unspecified atom stereocenters. The molecule has 4 rings (SSSR count). The fraction of sp³-hybridized carbons (Fsp3) is 0.0714. The van der Waals surface area contributed by atoms with Crippen LogP contribution in [0.2, 0.25) is 0 Å². The van der Waals surface area contributed by atoms with Gasteiger partial charge in [-0.15, -0.1) is 0 Å². The Morgan fingerprint density at radius 3 is 0.796 bits per heavy atom. The number of rotatable bonds is 10. The first-order valence-corrected chi connectivity index (χ1v) is 20.4. The zero-order valence-electron chi connectivity index (χ0n) is 24.1. The molecule has 0 bridgehead atoms. The Labute approximate surface area is 315 Å². The van der Waals surface area contributed by atoms with Gasteiger partial charge in [-0.2, -0.15) is 58.9 Å². The van der Waals surface area contributed by atoms with Crippen LogP contribution >= 0.6 is 49.7 Å². The molecule has 0 spiro atoms. The van der Waals surface area contributed by atoms with Crippen LogP contribution in [-0.4, -0.2) is 61.6 Å². The molecule has 0 heterocycles. The van der Waals surface area contributed by atoms with E-state index in [2.05, 4.69) is 25.3 Å². The van der Waals surface area contributed by atoms with E-state index in [1.165, 1.54) is 97.1 Å². The van der Waals surface area contributed by atoms with E-state index in [1.54, 1.807) is 0 Å². The fourth-order valence-electron chi connectivity index (χ4n) is 3.85. The fourth-order valence-corrected chi connectivity index (χ4v) is 6.95. The average molecular weight is 868 g/mol. The Hall–Kier alpha value is -2.11. The molecular weight excluding hydrogens is 844 g/mol. The van der Waals surface area contributed by atoms with E-state index in [-0.39, 0.29) is 36.1 Å². The summed E-state index contributed by atoms with van der Waals surface area (Å²) in [5, 5.41) is -1.10. The Bertz CT molecular complexity index is 2090. The molecule has 0 saturated heterocycles. The monoisotopic (exact) mass is 866 g/mol. The molecule has 0 aliphatic rings. The van der Waals surface area contributed by atoms with Crippen molar-refractivity contribution >= 4 is 99.9 Å². The van der Waals surface area contributed by atoms with Crippen LogP contribution in [0.15, 0.2) is 117 Å². The van der Waals surface area contributed by atoms with Gasteiger partial charge in [0.05, 0.1) is 30.1 Å². The molecule has 4 aromatic rings. The van der Waals surface area contributed by atoms with Gasteiger partial charge in [-0.25, -0.2) is 0 Å². The summed E-state index contributed by atoms with van der Waals surface area (Å²) < 4.78 is 124. The second-order valence-electron chi connectivity index (χ2n) is 9.62. The maximum atomic E-state index is 11.0. The van der Waals surface area contributed by atoms with Crippen molar-refractivity contribution in [2.24, 2.45) is 0 Å². The predicted octanol–water partition coefficient (Wildman–Crippen LogP) is 5.14. The van der Waals surface area contributed by atoms with E-state index >= 15 is 0 Å². The molecule has 49 heavy (non-hydrogen) atoms. The SMILES string of the molecule is O=S(=O)(O)c1ccc(C(=S)C(S)c2ccc(S(=O)(=O)O)cc2)cc1.O=S(=O)(O)c1ccc(C(=S)C(S)c2ccc(S(=O)(=O)O)cc2)cc1.[Ni+2]. The first-order valence-electron chi connectivity index (χ1n) is 12.7. The van der Waals surface area contributed by atoms with E-state index in [0.717, 1.165) is 0 Å². The van der Waals surface area contributed by atoms with Crippen LogP contribution in [0.3, 0.4) is 0 Å². The van der Waals surface area contributed by atoms with Crippen molar-refractivity contribution in [1.29, 1.82) is 0 Å². The van der Waals surface area contributed by atoms with Crippen LogP contribution in [0.1, 0.15) is 32.8 Å². The number of benzene rings is 4. The molecular formula is C28H24NiO12S8+2. The molecule has 264 valence electrons. The molecule has 21 heteroatoms. The van der Waals surface area contributed by atoms with Crippen molar-refractivity contribution in [3.05, 3.63) is 119 Å². The van der Waals surface area contributed by atoms with Crippen LogP contribution in [0, 0.1) is 0 Å². The Morgan fingerprint density at radius 2 is 0.612 bits per heavy atom. The average Bonchev–Trinajstić information content (AvgIpc) is 3.02. The van der Waals surface area contributed by atoms with Gasteiger partial charge in [0.15, 0.2) is 0 Å². The van der Waals surface area contributed by atoms with Gasteiger partial charge in [-0.05, 0) is 70.8 Å². The summed E-state index contributed by atoms with van der Waals surface area (Å²) in [6, 6.07) is 21.5. The van der Waals surface area contributed by atoms with E-state index in [0.29, 0.717) is 32.0 Å². The molecule has 12 nitrogen and oxygen atoms in total. The van der Waals surface area contributed by atoms with Crippen molar-refractivity contribution in [3.8, 4) is 0 Å². The van der Waals surface area contributed by atoms with Gasteiger partial charge in [-0.1, -0.05) is 73.0 Å². The molecule has 0 fully saturated rings. The predicted molar refractivity (Wildman–Crippen MR) is 192 cm³/mol.